The van der Waals surface area contributed by atoms with Gasteiger partial charge in [0.25, 0.3) is 0 Å². The highest BCUT2D eigenvalue weighted by Gasteiger charge is 2.14. The molecule has 2 rings (SSSR count). The number of guanidine groups is 1. The molecule has 1 atom stereocenters. The van der Waals surface area contributed by atoms with Gasteiger partial charge in [-0.2, -0.15) is 0 Å². The standard InChI is InChI=1S/C20H29FN4O.HI/c1-6-15(7-2)19-11-17(26-25-19)12-23-20(22-5)24-14(4)16-9-8-13(3)18(21)10-16;/h8-11,14-15H,6-7,12H2,1-5H3,(H2,22,23,24);1H. The van der Waals surface area contributed by atoms with Gasteiger partial charge in [-0.1, -0.05) is 31.1 Å². The van der Waals surface area contributed by atoms with E-state index in [-0.39, 0.29) is 35.8 Å². The number of aromatic nitrogens is 1. The first-order valence-electron chi connectivity index (χ1n) is 9.17. The monoisotopic (exact) mass is 488 g/mol. The lowest BCUT2D eigenvalue weighted by Gasteiger charge is -2.18. The van der Waals surface area contributed by atoms with E-state index < -0.39 is 0 Å². The van der Waals surface area contributed by atoms with Crippen LogP contribution in [0, 0.1) is 12.7 Å². The molecule has 0 aliphatic carbocycles. The number of benzene rings is 1. The number of hydrogen-bond acceptors (Lipinski definition) is 3. The molecule has 0 aliphatic heterocycles. The number of nitrogens with one attached hydrogen (secondary N) is 2. The van der Waals surface area contributed by atoms with E-state index in [0.29, 0.717) is 24.0 Å². The topological polar surface area (TPSA) is 62.5 Å². The van der Waals surface area contributed by atoms with Crippen LogP contribution >= 0.6 is 24.0 Å². The highest BCUT2D eigenvalue weighted by Crippen LogP contribution is 2.22. The minimum atomic E-state index is -0.199. The summed E-state index contributed by atoms with van der Waals surface area (Å²) in [5, 5.41) is 10.6. The average molecular weight is 488 g/mol. The van der Waals surface area contributed by atoms with Gasteiger partial charge in [-0.3, -0.25) is 4.99 Å². The van der Waals surface area contributed by atoms with Crippen molar-refractivity contribution >= 4 is 29.9 Å². The molecule has 0 spiro atoms. The predicted molar refractivity (Wildman–Crippen MR) is 118 cm³/mol. The maximum absolute atomic E-state index is 13.8. The molecule has 2 aromatic rings. The van der Waals surface area contributed by atoms with Gasteiger partial charge in [0.05, 0.1) is 18.3 Å². The Labute approximate surface area is 178 Å². The molecular formula is C20H30FIN4O. The van der Waals surface area contributed by atoms with E-state index in [4.69, 9.17) is 4.52 Å². The first-order valence-corrected chi connectivity index (χ1v) is 9.17. The minimum absolute atomic E-state index is 0. The second-order valence-electron chi connectivity index (χ2n) is 6.53. The Kier molecular flexibility index (Phi) is 9.76. The highest BCUT2D eigenvalue weighted by atomic mass is 127. The smallest absolute Gasteiger partial charge is 0.191 e. The summed E-state index contributed by atoms with van der Waals surface area (Å²) in [6, 6.07) is 7.18. The second kappa shape index (κ2) is 11.3. The van der Waals surface area contributed by atoms with Crippen molar-refractivity contribution in [1.82, 2.24) is 15.8 Å². The molecule has 1 aromatic carbocycles. The molecule has 1 heterocycles. The number of halogens is 2. The SMILES string of the molecule is CCC(CC)c1cc(CNC(=NC)NC(C)c2ccc(C)c(F)c2)on1.I. The molecule has 0 fully saturated rings. The van der Waals surface area contributed by atoms with E-state index in [0.717, 1.165) is 29.9 Å². The van der Waals surface area contributed by atoms with Crippen molar-refractivity contribution in [2.75, 3.05) is 7.05 Å². The molecule has 0 saturated carbocycles. The van der Waals surface area contributed by atoms with E-state index in [1.54, 1.807) is 26.1 Å². The lowest BCUT2D eigenvalue weighted by Crippen LogP contribution is -2.38. The van der Waals surface area contributed by atoms with Crippen LogP contribution in [0.4, 0.5) is 4.39 Å². The molecule has 0 amide bonds. The van der Waals surface area contributed by atoms with Crippen molar-refractivity contribution in [1.29, 1.82) is 0 Å². The zero-order chi connectivity index (χ0) is 19.1. The molecule has 0 saturated heterocycles. The van der Waals surface area contributed by atoms with Gasteiger partial charge in [-0.05, 0) is 43.9 Å². The van der Waals surface area contributed by atoms with Gasteiger partial charge < -0.3 is 15.2 Å². The highest BCUT2D eigenvalue weighted by molar-refractivity contribution is 14.0. The summed E-state index contributed by atoms with van der Waals surface area (Å²) >= 11 is 0. The van der Waals surface area contributed by atoms with E-state index in [2.05, 4.69) is 34.6 Å². The Hall–Kier alpha value is -1.64. The number of rotatable bonds is 7. The average Bonchev–Trinajstić information content (AvgIpc) is 3.10. The number of aliphatic imine (C=N–C) groups is 1. The summed E-state index contributed by atoms with van der Waals surface area (Å²) in [6.45, 7) is 8.52. The van der Waals surface area contributed by atoms with E-state index in [1.165, 1.54) is 0 Å². The molecule has 150 valence electrons. The molecule has 27 heavy (non-hydrogen) atoms. The minimum Gasteiger partial charge on any atom is -0.359 e. The summed E-state index contributed by atoms with van der Waals surface area (Å²) in [5.74, 6) is 1.62. The largest absolute Gasteiger partial charge is 0.359 e. The van der Waals surface area contributed by atoms with Crippen LogP contribution in [0.15, 0.2) is 33.8 Å². The lowest BCUT2D eigenvalue weighted by molar-refractivity contribution is 0.368. The van der Waals surface area contributed by atoms with Crippen LogP contribution in [-0.4, -0.2) is 18.2 Å². The molecule has 5 nitrogen and oxygen atoms in total. The molecule has 2 N–H and O–H groups in total. The Morgan fingerprint density at radius 2 is 1.96 bits per heavy atom. The van der Waals surface area contributed by atoms with E-state index in [1.807, 2.05) is 19.1 Å². The third-order valence-corrected chi connectivity index (χ3v) is 4.68. The van der Waals surface area contributed by atoms with Crippen molar-refractivity contribution < 1.29 is 8.91 Å². The molecule has 0 radical (unpaired) electrons. The zero-order valence-corrected chi connectivity index (χ0v) is 19.0. The predicted octanol–water partition coefficient (Wildman–Crippen LogP) is 5.07. The fourth-order valence-electron chi connectivity index (χ4n) is 2.84. The Balaban J connectivity index is 0.00000364. The van der Waals surface area contributed by atoms with Crippen LogP contribution < -0.4 is 10.6 Å². The van der Waals surface area contributed by atoms with Crippen molar-refractivity contribution in [3.8, 4) is 0 Å². The van der Waals surface area contributed by atoms with Gasteiger partial charge in [-0.25, -0.2) is 4.39 Å². The molecule has 1 unspecified atom stereocenters. The third kappa shape index (κ3) is 6.48. The van der Waals surface area contributed by atoms with E-state index in [9.17, 15) is 4.39 Å². The molecule has 7 heteroatoms. The fraction of sp³-hybridized carbons (Fsp3) is 0.500. The van der Waals surface area contributed by atoms with Crippen LogP contribution in [0.1, 0.15) is 68.2 Å². The van der Waals surface area contributed by atoms with E-state index >= 15 is 0 Å². The van der Waals surface area contributed by atoms with Crippen LogP contribution in [0.5, 0.6) is 0 Å². The van der Waals surface area contributed by atoms with Crippen molar-refractivity contribution in [3.05, 3.63) is 52.7 Å². The lowest BCUT2D eigenvalue weighted by atomic mass is 9.99. The van der Waals surface area contributed by atoms with Crippen molar-refractivity contribution in [2.24, 2.45) is 4.99 Å². The normalized spacial score (nSPS) is 12.6. The number of nitrogens with zero attached hydrogens (tertiary/aromatic N) is 2. The van der Waals surface area contributed by atoms with Crippen molar-refractivity contribution in [3.63, 3.8) is 0 Å². The molecular weight excluding hydrogens is 458 g/mol. The summed E-state index contributed by atoms with van der Waals surface area (Å²) < 4.78 is 19.2. The Morgan fingerprint density at radius 3 is 2.56 bits per heavy atom. The number of hydrogen-bond donors (Lipinski definition) is 2. The van der Waals surface area contributed by atoms with Gasteiger partial charge in [0.15, 0.2) is 11.7 Å². The van der Waals surface area contributed by atoms with Gasteiger partial charge in [0.2, 0.25) is 0 Å². The summed E-state index contributed by atoms with van der Waals surface area (Å²) in [7, 11) is 1.70. The quantitative estimate of drug-likeness (QED) is 0.325. The Bertz CT molecular complexity index is 743. The van der Waals surface area contributed by atoms with Crippen LogP contribution in [0.3, 0.4) is 0 Å². The number of aryl methyl sites for hydroxylation is 1. The molecule has 0 aliphatic rings. The Morgan fingerprint density at radius 1 is 1.26 bits per heavy atom. The maximum atomic E-state index is 13.8. The molecule has 0 bridgehead atoms. The second-order valence-corrected chi connectivity index (χ2v) is 6.53. The zero-order valence-electron chi connectivity index (χ0n) is 16.7. The fourth-order valence-corrected chi connectivity index (χ4v) is 2.84. The van der Waals surface area contributed by atoms with Crippen LogP contribution in [0.2, 0.25) is 0 Å². The van der Waals surface area contributed by atoms with Gasteiger partial charge in [0.1, 0.15) is 5.82 Å². The maximum Gasteiger partial charge on any atom is 0.191 e. The van der Waals surface area contributed by atoms with Crippen LogP contribution in [-0.2, 0) is 6.54 Å². The van der Waals surface area contributed by atoms with Gasteiger partial charge >= 0.3 is 0 Å². The third-order valence-electron chi connectivity index (χ3n) is 4.68. The van der Waals surface area contributed by atoms with Crippen molar-refractivity contribution in [2.45, 2.75) is 59.0 Å². The summed E-state index contributed by atoms with van der Waals surface area (Å²) in [6.07, 6.45) is 2.09. The first kappa shape index (κ1) is 23.4. The van der Waals surface area contributed by atoms with Gasteiger partial charge in [0, 0.05) is 19.0 Å². The molecule has 1 aromatic heterocycles. The summed E-state index contributed by atoms with van der Waals surface area (Å²) in [5.41, 5.74) is 2.51. The first-order chi connectivity index (χ1) is 12.5. The summed E-state index contributed by atoms with van der Waals surface area (Å²) in [4.78, 5) is 4.22. The van der Waals surface area contributed by atoms with Crippen LogP contribution in [0.25, 0.3) is 0 Å². The van der Waals surface area contributed by atoms with Gasteiger partial charge in [-0.15, -0.1) is 24.0 Å².